The third-order valence-electron chi connectivity index (χ3n) is 2.25. The Morgan fingerprint density at radius 3 is 2.14 bits per heavy atom. The number of hydrogen-bond donors (Lipinski definition) is 0. The standard InChI is InChI=1S/C12H22O2/c1-5-8-11(9-6-2)14-12(13)10(4)7-3/h7,11H,5-6,8-9H2,1-4H3/b10-7+. The van der Waals surface area contributed by atoms with Gasteiger partial charge >= 0.3 is 5.97 Å². The van der Waals surface area contributed by atoms with E-state index in [2.05, 4.69) is 13.8 Å². The molecule has 82 valence electrons. The molecule has 0 radical (unpaired) electrons. The molecule has 14 heavy (non-hydrogen) atoms. The molecule has 2 heteroatoms. The van der Waals surface area contributed by atoms with Gasteiger partial charge in [0.25, 0.3) is 0 Å². The number of ether oxygens (including phenoxy) is 1. The van der Waals surface area contributed by atoms with E-state index in [9.17, 15) is 4.79 Å². The molecule has 0 atom stereocenters. The van der Waals surface area contributed by atoms with E-state index in [-0.39, 0.29) is 12.1 Å². The van der Waals surface area contributed by atoms with Crippen LogP contribution in [0.3, 0.4) is 0 Å². The molecule has 0 aliphatic carbocycles. The van der Waals surface area contributed by atoms with Crippen LogP contribution in [0.4, 0.5) is 0 Å². The predicted octanol–water partition coefficient (Wildman–Crippen LogP) is 3.46. The minimum atomic E-state index is -0.167. The van der Waals surface area contributed by atoms with E-state index in [1.54, 1.807) is 13.0 Å². The molecule has 0 saturated carbocycles. The highest BCUT2D eigenvalue weighted by Gasteiger charge is 2.13. The average molecular weight is 198 g/mol. The second kappa shape index (κ2) is 7.60. The topological polar surface area (TPSA) is 26.3 Å². The third kappa shape index (κ3) is 5.05. The van der Waals surface area contributed by atoms with Crippen molar-refractivity contribution in [2.24, 2.45) is 0 Å². The fourth-order valence-electron chi connectivity index (χ4n) is 1.27. The number of hydrogen-bond acceptors (Lipinski definition) is 2. The lowest BCUT2D eigenvalue weighted by atomic mass is 10.1. The number of rotatable bonds is 6. The van der Waals surface area contributed by atoms with Crippen molar-refractivity contribution in [3.8, 4) is 0 Å². The van der Waals surface area contributed by atoms with E-state index >= 15 is 0 Å². The molecule has 0 aromatic carbocycles. The summed E-state index contributed by atoms with van der Waals surface area (Å²) in [5.41, 5.74) is 0.696. The molecule has 0 amide bonds. The van der Waals surface area contributed by atoms with E-state index in [0.29, 0.717) is 5.57 Å². The van der Waals surface area contributed by atoms with Crippen LogP contribution >= 0.6 is 0 Å². The van der Waals surface area contributed by atoms with Crippen LogP contribution in [0.2, 0.25) is 0 Å². The Bertz CT molecular complexity index is 188. The van der Waals surface area contributed by atoms with Crippen molar-refractivity contribution >= 4 is 5.97 Å². The minimum absolute atomic E-state index is 0.104. The van der Waals surface area contributed by atoms with Crippen molar-refractivity contribution in [3.63, 3.8) is 0 Å². The van der Waals surface area contributed by atoms with Gasteiger partial charge in [0.1, 0.15) is 6.10 Å². The molecule has 0 rings (SSSR count). The van der Waals surface area contributed by atoms with Crippen LogP contribution < -0.4 is 0 Å². The summed E-state index contributed by atoms with van der Waals surface area (Å²) in [6.07, 6.45) is 5.96. The van der Waals surface area contributed by atoms with Crippen LogP contribution in [0, 0.1) is 0 Å². The summed E-state index contributed by atoms with van der Waals surface area (Å²) in [4.78, 5) is 11.4. The second-order valence-electron chi connectivity index (χ2n) is 3.58. The van der Waals surface area contributed by atoms with Gasteiger partial charge < -0.3 is 4.74 Å². The van der Waals surface area contributed by atoms with Crippen molar-refractivity contribution in [2.45, 2.75) is 59.5 Å². The average Bonchev–Trinajstić information content (AvgIpc) is 2.17. The summed E-state index contributed by atoms with van der Waals surface area (Å²) in [6, 6.07) is 0. The molecule has 0 fully saturated rings. The number of allylic oxidation sites excluding steroid dienone is 1. The molecule has 0 saturated heterocycles. The monoisotopic (exact) mass is 198 g/mol. The Morgan fingerprint density at radius 1 is 1.29 bits per heavy atom. The summed E-state index contributed by atoms with van der Waals surface area (Å²) in [6.45, 7) is 7.86. The van der Waals surface area contributed by atoms with Crippen molar-refractivity contribution in [1.29, 1.82) is 0 Å². The smallest absolute Gasteiger partial charge is 0.333 e. The minimum Gasteiger partial charge on any atom is -0.459 e. The fourth-order valence-corrected chi connectivity index (χ4v) is 1.27. The second-order valence-corrected chi connectivity index (χ2v) is 3.58. The van der Waals surface area contributed by atoms with Gasteiger partial charge in [-0.2, -0.15) is 0 Å². The summed E-state index contributed by atoms with van der Waals surface area (Å²) in [5, 5.41) is 0. The van der Waals surface area contributed by atoms with Crippen LogP contribution in [0.15, 0.2) is 11.6 Å². The molecule has 0 spiro atoms. The molecule has 0 aliphatic heterocycles. The zero-order valence-electron chi connectivity index (χ0n) is 9.80. The first-order valence-corrected chi connectivity index (χ1v) is 5.49. The van der Waals surface area contributed by atoms with Gasteiger partial charge in [0.2, 0.25) is 0 Å². The Hall–Kier alpha value is -0.790. The fraction of sp³-hybridized carbons (Fsp3) is 0.750. The highest BCUT2D eigenvalue weighted by molar-refractivity contribution is 5.87. The van der Waals surface area contributed by atoms with E-state index in [4.69, 9.17) is 4.74 Å². The Labute approximate surface area is 87.3 Å². The van der Waals surface area contributed by atoms with Crippen LogP contribution in [0.5, 0.6) is 0 Å². The molecule has 0 aromatic rings. The largest absolute Gasteiger partial charge is 0.459 e. The maximum Gasteiger partial charge on any atom is 0.333 e. The highest BCUT2D eigenvalue weighted by Crippen LogP contribution is 2.11. The van der Waals surface area contributed by atoms with Gasteiger partial charge in [0, 0.05) is 5.57 Å². The first-order chi connectivity index (χ1) is 6.65. The third-order valence-corrected chi connectivity index (χ3v) is 2.25. The summed E-state index contributed by atoms with van der Waals surface area (Å²) < 4.78 is 5.38. The normalized spacial score (nSPS) is 11.9. The summed E-state index contributed by atoms with van der Waals surface area (Å²) >= 11 is 0. The molecule has 0 unspecified atom stereocenters. The van der Waals surface area contributed by atoms with E-state index in [1.807, 2.05) is 6.92 Å². The first-order valence-electron chi connectivity index (χ1n) is 5.49. The lowest BCUT2D eigenvalue weighted by Gasteiger charge is -2.16. The summed E-state index contributed by atoms with van der Waals surface area (Å²) in [5.74, 6) is -0.167. The maximum atomic E-state index is 11.4. The first kappa shape index (κ1) is 13.2. The molecule has 0 aromatic heterocycles. The molecule has 0 heterocycles. The van der Waals surface area contributed by atoms with Gasteiger partial charge in [0.15, 0.2) is 0 Å². The number of carbonyl (C=O) groups excluding carboxylic acids is 1. The summed E-state index contributed by atoms with van der Waals surface area (Å²) in [7, 11) is 0. The lowest BCUT2D eigenvalue weighted by Crippen LogP contribution is -2.18. The van der Waals surface area contributed by atoms with Gasteiger partial charge in [-0.05, 0) is 26.7 Å². The lowest BCUT2D eigenvalue weighted by molar-refractivity contribution is -0.144. The highest BCUT2D eigenvalue weighted by atomic mass is 16.5. The Balaban J connectivity index is 4.08. The number of carbonyl (C=O) groups is 1. The maximum absolute atomic E-state index is 11.4. The zero-order valence-corrected chi connectivity index (χ0v) is 9.80. The van der Waals surface area contributed by atoms with Gasteiger partial charge in [-0.1, -0.05) is 32.8 Å². The van der Waals surface area contributed by atoms with Crippen molar-refractivity contribution in [2.75, 3.05) is 0 Å². The quantitative estimate of drug-likeness (QED) is 0.482. The van der Waals surface area contributed by atoms with Gasteiger partial charge in [-0.3, -0.25) is 0 Å². The SMILES string of the molecule is C/C=C(\C)C(=O)OC(CCC)CCC. The van der Waals surface area contributed by atoms with Crippen LogP contribution in [0.25, 0.3) is 0 Å². The van der Waals surface area contributed by atoms with Gasteiger partial charge in [0.05, 0.1) is 0 Å². The van der Waals surface area contributed by atoms with Crippen LogP contribution in [-0.4, -0.2) is 12.1 Å². The zero-order chi connectivity index (χ0) is 11.0. The molecule has 0 N–H and O–H groups in total. The van der Waals surface area contributed by atoms with Crippen LogP contribution in [-0.2, 0) is 9.53 Å². The Kier molecular flexibility index (Phi) is 7.17. The Morgan fingerprint density at radius 2 is 1.79 bits per heavy atom. The molecule has 0 bridgehead atoms. The molecular formula is C12H22O2. The van der Waals surface area contributed by atoms with Crippen LogP contribution in [0.1, 0.15) is 53.4 Å². The van der Waals surface area contributed by atoms with E-state index < -0.39 is 0 Å². The molecule has 0 aliphatic rings. The predicted molar refractivity (Wildman–Crippen MR) is 59.1 cm³/mol. The molecular weight excluding hydrogens is 176 g/mol. The van der Waals surface area contributed by atoms with Crippen molar-refractivity contribution in [3.05, 3.63) is 11.6 Å². The van der Waals surface area contributed by atoms with E-state index in [0.717, 1.165) is 25.7 Å². The van der Waals surface area contributed by atoms with Crippen molar-refractivity contribution < 1.29 is 9.53 Å². The van der Waals surface area contributed by atoms with Crippen molar-refractivity contribution in [1.82, 2.24) is 0 Å². The number of esters is 1. The van der Waals surface area contributed by atoms with Gasteiger partial charge in [-0.25, -0.2) is 4.79 Å². The molecule has 2 nitrogen and oxygen atoms in total. The van der Waals surface area contributed by atoms with E-state index in [1.165, 1.54) is 0 Å². The van der Waals surface area contributed by atoms with Gasteiger partial charge in [-0.15, -0.1) is 0 Å².